The molecule has 256 valence electrons. The van der Waals surface area contributed by atoms with Crippen LogP contribution in [0.15, 0.2) is 240 Å². The molecule has 0 aliphatic rings. The minimum Gasteiger partial charge on any atom is -0.746 e. The number of rotatable bonds is 8. The van der Waals surface area contributed by atoms with Crippen LogP contribution in [-0.4, -0.2) is 0 Å². The molecule has 0 N–H and O–H groups in total. The standard InChI is InChI=1S/2C23H19NP.Fe/c2*1-4-14-21(15-5-1)25(22-16-6-2-7-17-22,23-18-8-3-9-19-23)24-20-12-10-11-13-20;/h2*1-19H;/q-5;-1;. The molecule has 0 saturated carbocycles. The molecule has 0 atom stereocenters. The smallest absolute Gasteiger partial charge is 0.0458 e. The molecule has 0 saturated heterocycles. The van der Waals surface area contributed by atoms with Gasteiger partial charge in [0.05, 0.1) is 0 Å². The Labute approximate surface area is 312 Å². The first kappa shape index (κ1) is 35.8. The molecule has 2 nitrogen and oxygen atoms in total. The fourth-order valence-electron chi connectivity index (χ4n) is 6.31. The number of hydrogen-bond donors (Lipinski definition) is 0. The summed E-state index contributed by atoms with van der Waals surface area (Å²) < 4.78 is 10.7. The van der Waals surface area contributed by atoms with Crippen LogP contribution in [0.2, 0.25) is 0 Å². The van der Waals surface area contributed by atoms with Gasteiger partial charge in [-0.1, -0.05) is 182 Å². The first-order valence-electron chi connectivity index (χ1n) is 16.8. The fourth-order valence-corrected chi connectivity index (χ4v) is 13.4. The molecular formula is C46H38FeN2P2-6. The number of hydrogen-bond acceptors (Lipinski definition) is 2. The summed E-state index contributed by atoms with van der Waals surface area (Å²) in [5.41, 5.74) is 2.06. The van der Waals surface area contributed by atoms with Crippen molar-refractivity contribution in [2.24, 2.45) is 9.49 Å². The van der Waals surface area contributed by atoms with Crippen LogP contribution in [0, 0.1) is 0 Å². The van der Waals surface area contributed by atoms with Gasteiger partial charge in [-0.2, -0.15) is 12.1 Å². The minimum absolute atomic E-state index is 0. The van der Waals surface area contributed by atoms with E-state index in [1.165, 1.54) is 31.8 Å². The van der Waals surface area contributed by atoms with Crippen molar-refractivity contribution in [2.45, 2.75) is 0 Å². The summed E-state index contributed by atoms with van der Waals surface area (Å²) in [7, 11) is -4.23. The quantitative estimate of drug-likeness (QED) is 0.0843. The van der Waals surface area contributed by atoms with Gasteiger partial charge in [0.1, 0.15) is 0 Å². The fraction of sp³-hybridized carbons (Fsp3) is 0. The normalized spacial score (nSPS) is 11.0. The summed E-state index contributed by atoms with van der Waals surface area (Å²) in [4.78, 5) is 0. The van der Waals surface area contributed by atoms with E-state index in [1.807, 2.05) is 0 Å². The van der Waals surface area contributed by atoms with Gasteiger partial charge in [0.25, 0.3) is 0 Å². The van der Waals surface area contributed by atoms with Crippen molar-refractivity contribution >= 4 is 57.3 Å². The molecule has 0 amide bonds. The molecule has 0 unspecified atom stereocenters. The first-order valence-corrected chi connectivity index (χ1v) is 20.3. The van der Waals surface area contributed by atoms with Crippen molar-refractivity contribution in [2.75, 3.05) is 0 Å². The molecule has 0 spiro atoms. The third-order valence-electron chi connectivity index (χ3n) is 8.60. The summed E-state index contributed by atoms with van der Waals surface area (Å²) in [5.74, 6) is 0. The molecule has 0 fully saturated rings. The van der Waals surface area contributed by atoms with Gasteiger partial charge >= 0.3 is 0 Å². The van der Waals surface area contributed by atoms with Crippen LogP contribution < -0.4 is 31.8 Å². The Morgan fingerprint density at radius 1 is 0.333 bits per heavy atom. The molecule has 0 aromatic heterocycles. The summed E-state index contributed by atoms with van der Waals surface area (Å²) in [5, 5.41) is 7.63. The second-order valence-electron chi connectivity index (χ2n) is 11.8. The zero-order valence-electron chi connectivity index (χ0n) is 28.1. The van der Waals surface area contributed by atoms with Crippen molar-refractivity contribution in [3.8, 4) is 0 Å². The van der Waals surface area contributed by atoms with Crippen LogP contribution in [0.1, 0.15) is 0 Å². The molecule has 0 aliphatic heterocycles. The maximum absolute atomic E-state index is 5.37. The van der Waals surface area contributed by atoms with Gasteiger partial charge in [0.15, 0.2) is 0 Å². The van der Waals surface area contributed by atoms with Crippen LogP contribution in [0.4, 0.5) is 11.4 Å². The Kier molecular flexibility index (Phi) is 12.1. The van der Waals surface area contributed by atoms with Gasteiger partial charge in [-0.25, -0.2) is 12.1 Å². The van der Waals surface area contributed by atoms with Crippen molar-refractivity contribution < 1.29 is 17.1 Å². The zero-order chi connectivity index (χ0) is 33.9. The van der Waals surface area contributed by atoms with Crippen molar-refractivity contribution in [1.82, 2.24) is 0 Å². The molecule has 8 aromatic carbocycles. The molecule has 0 aliphatic carbocycles. The van der Waals surface area contributed by atoms with Crippen LogP contribution in [0.5, 0.6) is 0 Å². The second-order valence-corrected chi connectivity index (χ2v) is 17.8. The second kappa shape index (κ2) is 17.3. The van der Waals surface area contributed by atoms with E-state index in [1.54, 1.807) is 0 Å². The predicted octanol–water partition coefficient (Wildman–Crippen LogP) is 10.4. The zero-order valence-corrected chi connectivity index (χ0v) is 31.0. The molecule has 8 aromatic rings. The molecule has 0 heterocycles. The van der Waals surface area contributed by atoms with Crippen LogP contribution in [0.25, 0.3) is 0 Å². The van der Waals surface area contributed by atoms with Crippen LogP contribution >= 0.6 is 14.1 Å². The van der Waals surface area contributed by atoms with E-state index in [4.69, 9.17) is 9.49 Å². The molecule has 51 heavy (non-hydrogen) atoms. The summed E-state index contributed by atoms with van der Waals surface area (Å²) >= 11 is 0. The summed E-state index contributed by atoms with van der Waals surface area (Å²) in [6, 6.07) is 80.7. The largest absolute Gasteiger partial charge is 0.746 e. The predicted molar refractivity (Wildman–Crippen MR) is 219 cm³/mol. The Hall–Kier alpha value is -5.00. The Balaban J connectivity index is 0.000000172. The van der Waals surface area contributed by atoms with Gasteiger partial charge in [-0.15, -0.1) is 0 Å². The number of nitrogens with zero attached hydrogens (tertiary/aromatic N) is 2. The van der Waals surface area contributed by atoms with Crippen molar-refractivity contribution in [1.29, 1.82) is 0 Å². The molecule has 8 rings (SSSR count). The topological polar surface area (TPSA) is 24.7 Å². The molecule has 0 radical (unpaired) electrons. The monoisotopic (exact) mass is 736 g/mol. The summed E-state index contributed by atoms with van der Waals surface area (Å²) in [6.07, 6.45) is 0. The van der Waals surface area contributed by atoms with Crippen molar-refractivity contribution in [3.05, 3.63) is 231 Å². The molecule has 5 heteroatoms. The Morgan fingerprint density at radius 2 is 0.588 bits per heavy atom. The van der Waals surface area contributed by atoms with Crippen LogP contribution in [0.3, 0.4) is 0 Å². The van der Waals surface area contributed by atoms with E-state index >= 15 is 0 Å². The third kappa shape index (κ3) is 7.84. The van der Waals surface area contributed by atoms with E-state index in [2.05, 4.69) is 231 Å². The van der Waals surface area contributed by atoms with E-state index < -0.39 is 14.1 Å². The third-order valence-corrected chi connectivity index (χ3v) is 15.9. The van der Waals surface area contributed by atoms with E-state index in [-0.39, 0.29) is 17.1 Å². The Bertz CT molecular complexity index is 1910. The number of benzene rings is 6. The van der Waals surface area contributed by atoms with Crippen LogP contribution in [-0.2, 0) is 17.1 Å². The average Bonchev–Trinajstić information content (AvgIpc) is 3.93. The van der Waals surface area contributed by atoms with Gasteiger partial charge in [-0.05, 0) is 37.5 Å². The van der Waals surface area contributed by atoms with Gasteiger partial charge in [-0.3, -0.25) is 0 Å². The maximum Gasteiger partial charge on any atom is 0.0458 e. The summed E-state index contributed by atoms with van der Waals surface area (Å²) in [6.45, 7) is 0. The maximum atomic E-state index is 5.37. The van der Waals surface area contributed by atoms with Crippen molar-refractivity contribution in [3.63, 3.8) is 0 Å². The SMILES string of the molecule is [Fe].c1ccc(P(=N[c-]2[cH-][cH-][cH-][cH-]2)(c2ccccc2)c2ccccc2)cc1.c1ccc(P(=N[c-]2cccc2)(c2ccccc2)c2ccccc2)cc1. The van der Waals surface area contributed by atoms with Gasteiger partial charge < -0.3 is 39.4 Å². The molecule has 0 bridgehead atoms. The van der Waals surface area contributed by atoms with E-state index in [0.717, 1.165) is 11.4 Å². The Morgan fingerprint density at radius 3 is 0.863 bits per heavy atom. The van der Waals surface area contributed by atoms with E-state index in [9.17, 15) is 0 Å². The average molecular weight is 737 g/mol. The first-order chi connectivity index (χ1) is 24.8. The minimum atomic E-state index is -2.12. The van der Waals surface area contributed by atoms with E-state index in [0.29, 0.717) is 0 Å². The molecular weight excluding hydrogens is 698 g/mol. The van der Waals surface area contributed by atoms with Gasteiger partial charge in [0, 0.05) is 31.2 Å². The van der Waals surface area contributed by atoms with Gasteiger partial charge in [0.2, 0.25) is 0 Å².